The average Bonchev–Trinajstić information content (AvgIpc) is 3.35. The first kappa shape index (κ1) is 49.0. The smallest absolute Gasteiger partial charge is 0.410 e. The van der Waals surface area contributed by atoms with Crippen molar-refractivity contribution >= 4 is 46.2 Å². The first-order chi connectivity index (χ1) is 33.1. The van der Waals surface area contributed by atoms with Gasteiger partial charge >= 0.3 is 6.09 Å². The van der Waals surface area contributed by atoms with Gasteiger partial charge in [0.1, 0.15) is 19.0 Å². The number of piperazine rings is 1. The zero-order valence-electron chi connectivity index (χ0n) is 37.8. The number of hydrogen-bond acceptors (Lipinski definition) is 10. The quantitative estimate of drug-likeness (QED) is 0.0892. The van der Waals surface area contributed by atoms with Crippen LogP contribution in [0.5, 0.6) is 0 Å². The molecule has 16 nitrogen and oxygen atoms in total. The summed E-state index contributed by atoms with van der Waals surface area (Å²) < 4.78 is 54.5. The number of ether oxygens (including phenoxy) is 2. The number of carbonyl (C=O) groups is 5. The third-order valence-corrected chi connectivity index (χ3v) is 11.3. The Bertz CT molecular complexity index is 2900. The number of pyridine rings is 1. The Morgan fingerprint density at radius 2 is 1.55 bits per heavy atom. The lowest BCUT2D eigenvalue weighted by molar-refractivity contribution is -0.133. The van der Waals surface area contributed by atoms with Crippen molar-refractivity contribution in [1.29, 1.82) is 0 Å². The maximum Gasteiger partial charge on any atom is 0.410 e. The summed E-state index contributed by atoms with van der Waals surface area (Å²) >= 11 is 0. The highest BCUT2D eigenvalue weighted by Crippen LogP contribution is 2.32. The number of hydrogen-bond donors (Lipinski definition) is 3. The van der Waals surface area contributed by atoms with Crippen LogP contribution in [-0.4, -0.2) is 119 Å². The van der Waals surface area contributed by atoms with E-state index in [1.807, 2.05) is 6.07 Å². The van der Waals surface area contributed by atoms with Gasteiger partial charge in [-0.2, -0.15) is 5.10 Å². The van der Waals surface area contributed by atoms with Crippen LogP contribution in [0.25, 0.3) is 21.9 Å². The number of nitrogens with zero attached hydrogens (tertiary/aromatic N) is 5. The number of fused-ring (bicyclic) bond motifs is 1. The fourth-order valence-electron chi connectivity index (χ4n) is 7.64. The van der Waals surface area contributed by atoms with Gasteiger partial charge in [0.25, 0.3) is 23.3 Å². The molecule has 1 aliphatic heterocycles. The monoisotopic (exact) mass is 946 g/mol. The number of H-pyrrole nitrogens is 1. The van der Waals surface area contributed by atoms with E-state index in [0.717, 1.165) is 12.5 Å². The Morgan fingerprint density at radius 1 is 0.826 bits per heavy atom. The van der Waals surface area contributed by atoms with Gasteiger partial charge in [-0.3, -0.25) is 28.9 Å². The summed E-state index contributed by atoms with van der Waals surface area (Å²) in [6.45, 7) is 1.93. The molecule has 7 rings (SSSR count). The SMILES string of the molecule is CC(=O)Nc1cc(-c2cccc(C(C)(F)F)c2)cnc1C(=O)NCCOCCN(CC(=O)N1CCN(C(=O)c2cc(Cc3n[nH]c(=O)c4ccccc34)ccc2F)CC1)C(=O)OCc1ccccc1. The molecule has 4 aromatic carbocycles. The van der Waals surface area contributed by atoms with E-state index in [4.69, 9.17) is 9.47 Å². The molecule has 358 valence electrons. The third-order valence-electron chi connectivity index (χ3n) is 11.3. The van der Waals surface area contributed by atoms with Crippen molar-refractivity contribution in [2.75, 3.05) is 64.3 Å². The van der Waals surface area contributed by atoms with Crippen LogP contribution >= 0.6 is 0 Å². The molecule has 19 heteroatoms. The molecular formula is C50H49F3N8O8. The summed E-state index contributed by atoms with van der Waals surface area (Å²) in [5.74, 6) is -5.87. The van der Waals surface area contributed by atoms with Gasteiger partial charge in [-0.25, -0.2) is 28.0 Å². The Hall–Kier alpha value is -7.93. The summed E-state index contributed by atoms with van der Waals surface area (Å²) in [6, 6.07) is 27.4. The Balaban J connectivity index is 0.924. The van der Waals surface area contributed by atoms with Gasteiger partial charge in [-0.05, 0) is 47.0 Å². The number of amides is 5. The standard InChI is InChI=1S/C50H49F3N8O8/c1-32(62)56-43-28-36(35-11-8-12-37(27-35)50(2,52)53)29-55-45(43)47(65)54-17-23-68-24-22-61(49(67)69-31-33-9-4-3-5-10-33)30-44(63)59-18-20-60(21-19-59)48(66)40-25-34(15-16-41(40)51)26-42-38-13-6-7-14-39(38)46(64)58-57-42/h3-16,25,27-29H,17-24,26,30-31H2,1-2H3,(H,54,65)(H,56,62)(H,58,64). The Kier molecular flexibility index (Phi) is 15.8. The molecule has 0 aliphatic carbocycles. The van der Waals surface area contributed by atoms with Crippen LogP contribution in [0, 0.1) is 5.82 Å². The van der Waals surface area contributed by atoms with Gasteiger partial charge in [0.15, 0.2) is 5.69 Å². The second kappa shape index (κ2) is 22.2. The molecule has 0 unspecified atom stereocenters. The van der Waals surface area contributed by atoms with Crippen LogP contribution in [0.1, 0.15) is 57.1 Å². The molecule has 69 heavy (non-hydrogen) atoms. The maximum atomic E-state index is 15.2. The van der Waals surface area contributed by atoms with E-state index in [1.165, 1.54) is 64.2 Å². The van der Waals surface area contributed by atoms with Crippen LogP contribution < -0.4 is 16.2 Å². The molecule has 2 aromatic heterocycles. The molecule has 1 aliphatic rings. The Morgan fingerprint density at radius 3 is 2.29 bits per heavy atom. The number of anilines is 1. The second-order valence-electron chi connectivity index (χ2n) is 16.3. The number of aromatic amines is 1. The predicted octanol–water partition coefficient (Wildman–Crippen LogP) is 6.15. The molecule has 5 amide bonds. The largest absolute Gasteiger partial charge is 0.445 e. The van der Waals surface area contributed by atoms with Gasteiger partial charge in [-0.15, -0.1) is 0 Å². The van der Waals surface area contributed by atoms with Gasteiger partial charge in [0.2, 0.25) is 11.8 Å². The lowest BCUT2D eigenvalue weighted by Crippen LogP contribution is -2.53. The topological polar surface area (TPSA) is 196 Å². The summed E-state index contributed by atoms with van der Waals surface area (Å²) in [5.41, 5.74) is 1.98. The van der Waals surface area contributed by atoms with Gasteiger partial charge in [-0.1, -0.05) is 72.8 Å². The minimum absolute atomic E-state index is 0.00650. The van der Waals surface area contributed by atoms with Crippen molar-refractivity contribution in [3.05, 3.63) is 159 Å². The van der Waals surface area contributed by atoms with E-state index in [0.29, 0.717) is 33.2 Å². The maximum absolute atomic E-state index is 15.2. The molecule has 0 radical (unpaired) electrons. The van der Waals surface area contributed by atoms with E-state index in [2.05, 4.69) is 25.8 Å². The molecule has 1 saturated heterocycles. The molecule has 0 saturated carbocycles. The fourth-order valence-corrected chi connectivity index (χ4v) is 7.64. The van der Waals surface area contributed by atoms with Gasteiger partial charge in [0.05, 0.1) is 35.5 Å². The van der Waals surface area contributed by atoms with E-state index in [-0.39, 0.29) is 100 Å². The highest BCUT2D eigenvalue weighted by atomic mass is 19.3. The number of nitrogens with one attached hydrogen (secondary N) is 3. The zero-order valence-corrected chi connectivity index (χ0v) is 37.8. The van der Waals surface area contributed by atoms with Crippen molar-refractivity contribution < 1.29 is 46.6 Å². The van der Waals surface area contributed by atoms with Crippen molar-refractivity contribution in [3.63, 3.8) is 0 Å². The van der Waals surface area contributed by atoms with Crippen LogP contribution in [0.3, 0.4) is 0 Å². The lowest BCUT2D eigenvalue weighted by atomic mass is 10.0. The van der Waals surface area contributed by atoms with Crippen LogP contribution in [0.15, 0.2) is 114 Å². The minimum Gasteiger partial charge on any atom is -0.445 e. The van der Waals surface area contributed by atoms with Crippen molar-refractivity contribution in [2.45, 2.75) is 32.8 Å². The molecule has 1 fully saturated rings. The minimum atomic E-state index is -3.08. The molecule has 6 aromatic rings. The van der Waals surface area contributed by atoms with Crippen molar-refractivity contribution in [2.24, 2.45) is 0 Å². The van der Waals surface area contributed by atoms with Crippen LogP contribution in [0.4, 0.5) is 23.7 Å². The summed E-state index contributed by atoms with van der Waals surface area (Å²) in [4.78, 5) is 86.6. The number of carbonyl (C=O) groups excluding carboxylic acids is 5. The highest BCUT2D eigenvalue weighted by Gasteiger charge is 2.29. The first-order valence-electron chi connectivity index (χ1n) is 22.0. The number of halogens is 3. The van der Waals surface area contributed by atoms with Crippen LogP contribution in [-0.2, 0) is 38.0 Å². The van der Waals surface area contributed by atoms with Crippen LogP contribution in [0.2, 0.25) is 0 Å². The summed E-state index contributed by atoms with van der Waals surface area (Å²) in [7, 11) is 0. The lowest BCUT2D eigenvalue weighted by Gasteiger charge is -2.36. The van der Waals surface area contributed by atoms with E-state index in [1.54, 1.807) is 60.7 Å². The number of benzene rings is 4. The molecular weight excluding hydrogens is 898 g/mol. The average molecular weight is 947 g/mol. The highest BCUT2D eigenvalue weighted by molar-refractivity contribution is 6.02. The number of alkyl halides is 2. The van der Waals surface area contributed by atoms with Gasteiger partial charge < -0.3 is 29.9 Å². The number of rotatable bonds is 17. The first-order valence-corrected chi connectivity index (χ1v) is 22.0. The van der Waals surface area contributed by atoms with Crippen molar-refractivity contribution in [1.82, 2.24) is 35.2 Å². The summed E-state index contributed by atoms with van der Waals surface area (Å²) in [6.07, 6.45) is 0.804. The molecule has 3 N–H and O–H groups in total. The second-order valence-corrected chi connectivity index (χ2v) is 16.3. The van der Waals surface area contributed by atoms with E-state index >= 15 is 4.39 Å². The molecule has 3 heterocycles. The fraction of sp³-hybridized carbons (Fsp3) is 0.280. The number of aromatic nitrogens is 3. The van der Waals surface area contributed by atoms with Crippen molar-refractivity contribution in [3.8, 4) is 11.1 Å². The third kappa shape index (κ3) is 12.7. The molecule has 0 bridgehead atoms. The van der Waals surface area contributed by atoms with Gasteiger partial charge in [0, 0.05) is 82.2 Å². The molecule has 0 atom stereocenters. The van der Waals surface area contributed by atoms with E-state index in [9.17, 15) is 37.5 Å². The Labute approximate surface area is 394 Å². The zero-order chi connectivity index (χ0) is 49.1. The summed E-state index contributed by atoms with van der Waals surface area (Å²) in [5, 5.41) is 13.0. The van der Waals surface area contributed by atoms with E-state index < -0.39 is 41.5 Å². The molecule has 0 spiro atoms. The normalized spacial score (nSPS) is 12.7. The predicted molar refractivity (Wildman–Crippen MR) is 249 cm³/mol.